The molecule has 0 saturated heterocycles. The highest BCUT2D eigenvalue weighted by molar-refractivity contribution is 9.10. The normalized spacial score (nSPS) is 16.9. The van der Waals surface area contributed by atoms with Crippen LogP contribution >= 0.6 is 15.9 Å². The van der Waals surface area contributed by atoms with Gasteiger partial charge in [-0.25, -0.2) is 13.1 Å². The van der Waals surface area contributed by atoms with E-state index in [0.29, 0.717) is 27.7 Å². The average Bonchev–Trinajstić information content (AvgIpc) is 3.27. The number of hydrogen-bond acceptors (Lipinski definition) is 3. The zero-order valence-corrected chi connectivity index (χ0v) is 14.9. The van der Waals surface area contributed by atoms with E-state index in [1.165, 1.54) is 12.8 Å². The van der Waals surface area contributed by atoms with E-state index in [2.05, 4.69) is 32.9 Å². The van der Waals surface area contributed by atoms with Crippen LogP contribution in [0.5, 0.6) is 0 Å². The summed E-state index contributed by atoms with van der Waals surface area (Å²) in [5.74, 6) is 1.10. The number of benzene rings is 1. The van der Waals surface area contributed by atoms with E-state index in [4.69, 9.17) is 0 Å². The van der Waals surface area contributed by atoms with Gasteiger partial charge in [-0.1, -0.05) is 19.9 Å². The van der Waals surface area contributed by atoms with Gasteiger partial charge in [0.2, 0.25) is 10.0 Å². The number of nitrogens with one attached hydrogen (secondary N) is 2. The third kappa shape index (κ3) is 4.77. The maximum atomic E-state index is 12.4. The minimum atomic E-state index is -3.45. The molecular formula is C15H23BrN2O2S. The zero-order chi connectivity index (χ0) is 15.5. The fraction of sp³-hybridized carbons (Fsp3) is 0.600. The summed E-state index contributed by atoms with van der Waals surface area (Å²) in [6.07, 6.45) is 2.46. The summed E-state index contributed by atoms with van der Waals surface area (Å²) in [7, 11) is -3.45. The van der Waals surface area contributed by atoms with Gasteiger partial charge in [0.1, 0.15) is 0 Å². The van der Waals surface area contributed by atoms with Gasteiger partial charge in [0.15, 0.2) is 0 Å². The van der Waals surface area contributed by atoms with Crippen LogP contribution in [0, 0.1) is 11.8 Å². The van der Waals surface area contributed by atoms with Crippen molar-refractivity contribution in [3.8, 4) is 0 Å². The Morgan fingerprint density at radius 3 is 2.67 bits per heavy atom. The van der Waals surface area contributed by atoms with E-state index >= 15 is 0 Å². The van der Waals surface area contributed by atoms with Crippen molar-refractivity contribution in [2.45, 2.75) is 38.1 Å². The predicted octanol–water partition coefficient (Wildman–Crippen LogP) is 2.88. The minimum Gasteiger partial charge on any atom is -0.313 e. The number of rotatable bonds is 8. The fourth-order valence-corrected chi connectivity index (χ4v) is 4.56. The average molecular weight is 375 g/mol. The summed E-state index contributed by atoms with van der Waals surface area (Å²) < 4.78 is 28.1. The molecule has 1 aromatic carbocycles. The highest BCUT2D eigenvalue weighted by Crippen LogP contribution is 2.36. The molecule has 4 nitrogen and oxygen atoms in total. The Balaban J connectivity index is 2.04. The Labute approximate surface area is 135 Å². The van der Waals surface area contributed by atoms with Crippen LogP contribution in [0.25, 0.3) is 0 Å². The van der Waals surface area contributed by atoms with Gasteiger partial charge in [-0.2, -0.15) is 0 Å². The SMILES string of the molecule is CCNCc1ccc(S(=O)(=O)NCC(C)C2CC2)c(Br)c1. The quantitative estimate of drug-likeness (QED) is 0.735. The molecule has 1 unspecified atom stereocenters. The topological polar surface area (TPSA) is 58.2 Å². The molecule has 0 aromatic heterocycles. The Morgan fingerprint density at radius 1 is 1.38 bits per heavy atom. The van der Waals surface area contributed by atoms with Gasteiger partial charge in [-0.05, 0) is 64.8 Å². The highest BCUT2D eigenvalue weighted by Gasteiger charge is 2.29. The molecule has 6 heteroatoms. The van der Waals surface area contributed by atoms with Crippen molar-refractivity contribution in [2.75, 3.05) is 13.1 Å². The van der Waals surface area contributed by atoms with Gasteiger partial charge in [0.25, 0.3) is 0 Å². The third-order valence-electron chi connectivity index (χ3n) is 3.89. The lowest BCUT2D eigenvalue weighted by molar-refractivity contribution is 0.491. The summed E-state index contributed by atoms with van der Waals surface area (Å²) in [5, 5.41) is 3.22. The Bertz CT molecular complexity index is 585. The first-order valence-corrected chi connectivity index (χ1v) is 9.70. The maximum Gasteiger partial charge on any atom is 0.241 e. The predicted molar refractivity (Wildman–Crippen MR) is 88.6 cm³/mol. The lowest BCUT2D eigenvalue weighted by Gasteiger charge is -2.13. The standard InChI is InChI=1S/C15H23BrN2O2S/c1-3-17-10-12-4-7-15(14(16)8-12)21(19,20)18-9-11(2)13-5-6-13/h4,7-8,11,13,17-18H,3,5-6,9-10H2,1-2H3. The van der Waals surface area contributed by atoms with Crippen LogP contribution in [0.3, 0.4) is 0 Å². The van der Waals surface area contributed by atoms with Gasteiger partial charge in [0.05, 0.1) is 4.90 Å². The molecule has 1 saturated carbocycles. The molecule has 1 aliphatic carbocycles. The van der Waals surface area contributed by atoms with Crippen molar-refractivity contribution in [1.82, 2.24) is 10.0 Å². The molecule has 2 N–H and O–H groups in total. The van der Waals surface area contributed by atoms with Crippen LogP contribution in [-0.4, -0.2) is 21.5 Å². The summed E-state index contributed by atoms with van der Waals surface area (Å²) in [6, 6.07) is 5.38. The van der Waals surface area contributed by atoms with Crippen molar-refractivity contribution in [1.29, 1.82) is 0 Å². The summed E-state index contributed by atoms with van der Waals surface area (Å²) in [4.78, 5) is 0.311. The first-order valence-electron chi connectivity index (χ1n) is 7.43. The molecular weight excluding hydrogens is 352 g/mol. The zero-order valence-electron chi connectivity index (χ0n) is 12.5. The smallest absolute Gasteiger partial charge is 0.241 e. The Hall–Kier alpha value is -0.430. The molecule has 0 aliphatic heterocycles. The summed E-state index contributed by atoms with van der Waals surface area (Å²) in [6.45, 7) is 6.28. The minimum absolute atomic E-state index is 0.311. The van der Waals surface area contributed by atoms with Crippen molar-refractivity contribution in [2.24, 2.45) is 11.8 Å². The molecule has 1 fully saturated rings. The van der Waals surface area contributed by atoms with Gasteiger partial charge in [0, 0.05) is 17.6 Å². The van der Waals surface area contributed by atoms with Crippen LogP contribution in [-0.2, 0) is 16.6 Å². The second-order valence-electron chi connectivity index (χ2n) is 5.71. The number of halogens is 1. The molecule has 118 valence electrons. The summed E-state index contributed by atoms with van der Waals surface area (Å²) >= 11 is 3.38. The molecule has 2 rings (SSSR count). The molecule has 0 amide bonds. The van der Waals surface area contributed by atoms with Crippen LogP contribution in [0.15, 0.2) is 27.6 Å². The van der Waals surface area contributed by atoms with Crippen LogP contribution in [0.4, 0.5) is 0 Å². The van der Waals surface area contributed by atoms with Crippen molar-refractivity contribution >= 4 is 26.0 Å². The van der Waals surface area contributed by atoms with Gasteiger partial charge < -0.3 is 5.32 Å². The van der Waals surface area contributed by atoms with E-state index in [1.54, 1.807) is 6.07 Å². The van der Waals surface area contributed by atoms with E-state index in [-0.39, 0.29) is 0 Å². The Kier molecular flexibility index (Phi) is 5.82. The maximum absolute atomic E-state index is 12.4. The molecule has 0 heterocycles. The van der Waals surface area contributed by atoms with Gasteiger partial charge in [-0.15, -0.1) is 0 Å². The van der Waals surface area contributed by atoms with Crippen LogP contribution < -0.4 is 10.0 Å². The van der Waals surface area contributed by atoms with E-state index in [9.17, 15) is 8.42 Å². The van der Waals surface area contributed by atoms with Crippen LogP contribution in [0.1, 0.15) is 32.3 Å². The number of hydrogen-bond donors (Lipinski definition) is 2. The van der Waals surface area contributed by atoms with Crippen molar-refractivity contribution in [3.63, 3.8) is 0 Å². The second-order valence-corrected chi connectivity index (χ2v) is 8.30. The Morgan fingerprint density at radius 2 is 2.10 bits per heavy atom. The molecule has 21 heavy (non-hydrogen) atoms. The van der Waals surface area contributed by atoms with Crippen molar-refractivity contribution < 1.29 is 8.42 Å². The van der Waals surface area contributed by atoms with Gasteiger partial charge >= 0.3 is 0 Å². The molecule has 1 aliphatic rings. The summed E-state index contributed by atoms with van der Waals surface area (Å²) in [5.41, 5.74) is 1.06. The van der Waals surface area contributed by atoms with E-state index in [1.807, 2.05) is 19.1 Å². The first-order chi connectivity index (χ1) is 9.94. The second kappa shape index (κ2) is 7.22. The highest BCUT2D eigenvalue weighted by atomic mass is 79.9. The van der Waals surface area contributed by atoms with E-state index in [0.717, 1.165) is 18.7 Å². The molecule has 1 aromatic rings. The number of sulfonamides is 1. The third-order valence-corrected chi connectivity index (χ3v) is 6.29. The molecule has 0 spiro atoms. The fourth-order valence-electron chi connectivity index (χ4n) is 2.29. The largest absolute Gasteiger partial charge is 0.313 e. The first kappa shape index (κ1) is 16.9. The van der Waals surface area contributed by atoms with E-state index < -0.39 is 10.0 Å². The monoisotopic (exact) mass is 374 g/mol. The van der Waals surface area contributed by atoms with Crippen LogP contribution in [0.2, 0.25) is 0 Å². The molecule has 0 bridgehead atoms. The lowest BCUT2D eigenvalue weighted by Crippen LogP contribution is -2.29. The van der Waals surface area contributed by atoms with Gasteiger partial charge in [-0.3, -0.25) is 0 Å². The van der Waals surface area contributed by atoms with Crippen molar-refractivity contribution in [3.05, 3.63) is 28.2 Å². The molecule has 0 radical (unpaired) electrons. The lowest BCUT2D eigenvalue weighted by atomic mass is 10.1. The molecule has 1 atom stereocenters.